The molecular weight excluding hydrogens is 314 g/mol. The molecule has 0 saturated heterocycles. The standard InChI is InChI=1S/C12H15N3O2S3/c1-9-4-3-5-10(8-9)13-11-14-15-12(19-11)18-6-7-20(2,16)17/h3-5,8H,6-7H2,1-2H3,(H,13,14). The van der Waals surface area contributed by atoms with Crippen molar-refractivity contribution in [1.29, 1.82) is 0 Å². The van der Waals surface area contributed by atoms with Crippen molar-refractivity contribution in [3.8, 4) is 0 Å². The number of hydrogen-bond acceptors (Lipinski definition) is 7. The summed E-state index contributed by atoms with van der Waals surface area (Å²) in [6.45, 7) is 2.03. The summed E-state index contributed by atoms with van der Waals surface area (Å²) >= 11 is 2.83. The van der Waals surface area contributed by atoms with E-state index in [0.29, 0.717) is 10.9 Å². The quantitative estimate of drug-likeness (QED) is 0.822. The van der Waals surface area contributed by atoms with E-state index in [1.807, 2.05) is 31.2 Å². The molecule has 0 aliphatic heterocycles. The van der Waals surface area contributed by atoms with Gasteiger partial charge in [-0.1, -0.05) is 35.2 Å². The third-order valence-electron chi connectivity index (χ3n) is 2.36. The van der Waals surface area contributed by atoms with Gasteiger partial charge >= 0.3 is 0 Å². The van der Waals surface area contributed by atoms with Gasteiger partial charge in [-0.15, -0.1) is 10.2 Å². The molecule has 1 N–H and O–H groups in total. The lowest BCUT2D eigenvalue weighted by atomic mass is 10.2. The Morgan fingerprint density at radius 3 is 2.85 bits per heavy atom. The van der Waals surface area contributed by atoms with Gasteiger partial charge in [0.05, 0.1) is 5.75 Å². The number of nitrogens with zero attached hydrogens (tertiary/aromatic N) is 2. The fourth-order valence-electron chi connectivity index (χ4n) is 1.45. The maximum Gasteiger partial charge on any atom is 0.210 e. The predicted octanol–water partition coefficient (Wildman–Crippen LogP) is 2.73. The van der Waals surface area contributed by atoms with E-state index in [0.717, 1.165) is 10.0 Å². The van der Waals surface area contributed by atoms with Crippen molar-refractivity contribution in [2.24, 2.45) is 0 Å². The lowest BCUT2D eigenvalue weighted by molar-refractivity contribution is 0.603. The largest absolute Gasteiger partial charge is 0.330 e. The van der Waals surface area contributed by atoms with E-state index < -0.39 is 9.84 Å². The van der Waals surface area contributed by atoms with E-state index in [4.69, 9.17) is 0 Å². The van der Waals surface area contributed by atoms with Crippen LogP contribution in [-0.4, -0.2) is 36.4 Å². The maximum absolute atomic E-state index is 11.0. The normalized spacial score (nSPS) is 11.5. The van der Waals surface area contributed by atoms with Crippen LogP contribution in [-0.2, 0) is 9.84 Å². The molecule has 0 unspecified atom stereocenters. The third-order valence-corrected chi connectivity index (χ3v) is 5.53. The zero-order valence-corrected chi connectivity index (χ0v) is 13.6. The molecule has 1 heterocycles. The van der Waals surface area contributed by atoms with Gasteiger partial charge in [0.25, 0.3) is 0 Å². The van der Waals surface area contributed by atoms with Gasteiger partial charge in [0.15, 0.2) is 4.34 Å². The molecule has 0 bridgehead atoms. The second-order valence-electron chi connectivity index (χ2n) is 4.35. The van der Waals surface area contributed by atoms with Crippen LogP contribution in [0.1, 0.15) is 5.56 Å². The molecule has 5 nitrogen and oxygen atoms in total. The molecule has 108 valence electrons. The number of nitrogens with one attached hydrogen (secondary N) is 1. The molecule has 1 aromatic carbocycles. The second kappa shape index (κ2) is 6.55. The number of benzene rings is 1. The number of sulfone groups is 1. The van der Waals surface area contributed by atoms with Crippen LogP contribution in [0, 0.1) is 6.92 Å². The van der Waals surface area contributed by atoms with E-state index in [-0.39, 0.29) is 5.75 Å². The predicted molar refractivity (Wildman–Crippen MR) is 84.8 cm³/mol. The van der Waals surface area contributed by atoms with E-state index in [1.54, 1.807) is 0 Å². The summed E-state index contributed by atoms with van der Waals surface area (Å²) in [6, 6.07) is 7.99. The lowest BCUT2D eigenvalue weighted by Gasteiger charge is -2.01. The van der Waals surface area contributed by atoms with E-state index in [2.05, 4.69) is 15.5 Å². The van der Waals surface area contributed by atoms with Gasteiger partial charge in [-0.2, -0.15) is 0 Å². The minimum atomic E-state index is -2.92. The van der Waals surface area contributed by atoms with Crippen LogP contribution in [0.25, 0.3) is 0 Å². The van der Waals surface area contributed by atoms with E-state index in [1.165, 1.54) is 34.9 Å². The topological polar surface area (TPSA) is 72.0 Å². The van der Waals surface area contributed by atoms with Gasteiger partial charge in [-0.05, 0) is 24.6 Å². The first-order valence-corrected chi connectivity index (χ1v) is 9.76. The van der Waals surface area contributed by atoms with Gasteiger partial charge in [0, 0.05) is 17.7 Å². The summed E-state index contributed by atoms with van der Waals surface area (Å²) in [5.74, 6) is 0.649. The van der Waals surface area contributed by atoms with Gasteiger partial charge < -0.3 is 5.32 Å². The van der Waals surface area contributed by atoms with Gasteiger partial charge in [0.2, 0.25) is 5.13 Å². The summed E-state index contributed by atoms with van der Waals surface area (Å²) < 4.78 is 22.9. The molecule has 8 heteroatoms. The Balaban J connectivity index is 1.92. The zero-order chi connectivity index (χ0) is 14.6. The third kappa shape index (κ3) is 5.10. The Hall–Kier alpha value is -1.12. The first kappa shape index (κ1) is 15.3. The maximum atomic E-state index is 11.0. The minimum Gasteiger partial charge on any atom is -0.330 e. The summed E-state index contributed by atoms with van der Waals surface area (Å²) in [4.78, 5) is 0. The highest BCUT2D eigenvalue weighted by atomic mass is 32.2. The van der Waals surface area contributed by atoms with Crippen LogP contribution in [0.5, 0.6) is 0 Å². The van der Waals surface area contributed by atoms with Crippen molar-refractivity contribution in [2.75, 3.05) is 23.1 Å². The van der Waals surface area contributed by atoms with Crippen LogP contribution >= 0.6 is 23.1 Å². The number of thioether (sulfide) groups is 1. The molecule has 0 radical (unpaired) electrons. The molecule has 0 spiro atoms. The molecule has 0 saturated carbocycles. The number of rotatable bonds is 6. The van der Waals surface area contributed by atoms with Gasteiger partial charge in [-0.25, -0.2) is 8.42 Å². The molecule has 0 aliphatic carbocycles. The van der Waals surface area contributed by atoms with Crippen LogP contribution in [0.3, 0.4) is 0 Å². The average molecular weight is 329 g/mol. The molecule has 0 fully saturated rings. The molecule has 20 heavy (non-hydrogen) atoms. The van der Waals surface area contributed by atoms with Crippen LogP contribution < -0.4 is 5.32 Å². The first-order chi connectivity index (χ1) is 9.42. The molecular formula is C12H15N3O2S3. The average Bonchev–Trinajstić information content (AvgIpc) is 2.75. The highest BCUT2D eigenvalue weighted by Crippen LogP contribution is 2.27. The summed E-state index contributed by atoms with van der Waals surface area (Å²) in [6.07, 6.45) is 1.23. The van der Waals surface area contributed by atoms with Crippen molar-refractivity contribution in [3.05, 3.63) is 29.8 Å². The molecule has 0 amide bonds. The second-order valence-corrected chi connectivity index (χ2v) is 8.93. The van der Waals surface area contributed by atoms with Crippen molar-refractivity contribution >= 4 is 43.8 Å². The Morgan fingerprint density at radius 2 is 2.15 bits per heavy atom. The summed E-state index contributed by atoms with van der Waals surface area (Å²) in [5, 5.41) is 12.0. The fourth-order valence-corrected chi connectivity index (χ4v) is 4.48. The highest BCUT2D eigenvalue weighted by Gasteiger charge is 2.07. The minimum absolute atomic E-state index is 0.151. The van der Waals surface area contributed by atoms with Gasteiger partial charge in [-0.3, -0.25) is 0 Å². The Kier molecular flexibility index (Phi) is 5.00. The van der Waals surface area contributed by atoms with Gasteiger partial charge in [0.1, 0.15) is 9.84 Å². The highest BCUT2D eigenvalue weighted by molar-refractivity contribution is 8.02. The van der Waals surface area contributed by atoms with Crippen molar-refractivity contribution in [3.63, 3.8) is 0 Å². The van der Waals surface area contributed by atoms with Crippen LogP contribution in [0.15, 0.2) is 28.6 Å². The Labute approximate surface area is 126 Å². The molecule has 1 aromatic heterocycles. The molecule has 2 rings (SSSR count). The van der Waals surface area contributed by atoms with E-state index >= 15 is 0 Å². The monoisotopic (exact) mass is 329 g/mol. The van der Waals surface area contributed by atoms with Crippen LogP contribution in [0.4, 0.5) is 10.8 Å². The van der Waals surface area contributed by atoms with Crippen LogP contribution in [0.2, 0.25) is 0 Å². The zero-order valence-electron chi connectivity index (χ0n) is 11.2. The Bertz CT molecular complexity index is 683. The SMILES string of the molecule is Cc1cccc(Nc2nnc(SCCS(C)(=O)=O)s2)c1. The Morgan fingerprint density at radius 1 is 1.35 bits per heavy atom. The number of anilines is 2. The molecule has 0 aliphatic rings. The molecule has 0 atom stereocenters. The van der Waals surface area contributed by atoms with E-state index in [9.17, 15) is 8.42 Å². The lowest BCUT2D eigenvalue weighted by Crippen LogP contribution is -2.04. The number of aryl methyl sites for hydroxylation is 1. The van der Waals surface area contributed by atoms with Crippen molar-refractivity contribution in [2.45, 2.75) is 11.3 Å². The first-order valence-electron chi connectivity index (χ1n) is 5.90. The number of hydrogen-bond donors (Lipinski definition) is 1. The summed E-state index contributed by atoms with van der Waals surface area (Å²) in [7, 11) is -2.92. The van der Waals surface area contributed by atoms with Crippen molar-refractivity contribution < 1.29 is 8.42 Å². The molecule has 2 aromatic rings. The number of aromatic nitrogens is 2. The van der Waals surface area contributed by atoms with Crippen molar-refractivity contribution in [1.82, 2.24) is 10.2 Å². The summed E-state index contributed by atoms with van der Waals surface area (Å²) in [5.41, 5.74) is 2.14. The smallest absolute Gasteiger partial charge is 0.210 e. The fraction of sp³-hybridized carbons (Fsp3) is 0.333.